The summed E-state index contributed by atoms with van der Waals surface area (Å²) in [5.41, 5.74) is 1.92. The van der Waals surface area contributed by atoms with Gasteiger partial charge in [0.25, 0.3) is 0 Å². The van der Waals surface area contributed by atoms with Crippen molar-refractivity contribution in [2.24, 2.45) is 0 Å². The van der Waals surface area contributed by atoms with E-state index < -0.39 is 0 Å². The van der Waals surface area contributed by atoms with Gasteiger partial charge in [0.1, 0.15) is 5.82 Å². The van der Waals surface area contributed by atoms with Gasteiger partial charge in [0, 0.05) is 16.4 Å². The Hall–Kier alpha value is -2.25. The van der Waals surface area contributed by atoms with Crippen LogP contribution in [0.3, 0.4) is 0 Å². The van der Waals surface area contributed by atoms with Crippen LogP contribution in [0, 0.1) is 0 Å². The van der Waals surface area contributed by atoms with Crippen LogP contribution in [-0.2, 0) is 16.0 Å². The average Bonchev–Trinajstić information content (AvgIpc) is 2.56. The normalized spacial score (nSPS) is 10.6. The first-order valence-corrected chi connectivity index (χ1v) is 8.74. The van der Waals surface area contributed by atoms with Gasteiger partial charge < -0.3 is 10.6 Å². The Kier molecular flexibility index (Phi) is 7.09. The van der Waals surface area contributed by atoms with E-state index in [2.05, 4.69) is 38.5 Å². The zero-order valence-electron chi connectivity index (χ0n) is 14.3. The first-order chi connectivity index (χ1) is 12.0. The number of carbonyl (C=O) groups is 2. The Morgan fingerprint density at radius 3 is 2.48 bits per heavy atom. The summed E-state index contributed by atoms with van der Waals surface area (Å²) < 4.78 is 0.839. The highest BCUT2D eigenvalue weighted by Gasteiger charge is 2.11. The van der Waals surface area contributed by atoms with Crippen molar-refractivity contribution in [3.05, 3.63) is 52.6 Å². The van der Waals surface area contributed by atoms with E-state index in [-0.39, 0.29) is 24.9 Å². The van der Waals surface area contributed by atoms with Crippen LogP contribution in [0.2, 0.25) is 0 Å². The summed E-state index contributed by atoms with van der Waals surface area (Å²) in [5, 5.41) is 5.54. The van der Waals surface area contributed by atoms with Crippen LogP contribution in [0.4, 0.5) is 11.5 Å². The molecule has 0 aliphatic carbocycles. The van der Waals surface area contributed by atoms with Gasteiger partial charge >= 0.3 is 0 Å². The highest BCUT2D eigenvalue weighted by atomic mass is 79.9. The average molecular weight is 405 g/mol. The quantitative estimate of drug-likeness (QED) is 0.743. The van der Waals surface area contributed by atoms with E-state index in [4.69, 9.17) is 0 Å². The van der Waals surface area contributed by atoms with E-state index in [1.54, 1.807) is 30.3 Å². The second kappa shape index (κ2) is 9.29. The van der Waals surface area contributed by atoms with Gasteiger partial charge in [0.05, 0.1) is 13.1 Å². The number of pyridine rings is 1. The second-order valence-corrected chi connectivity index (χ2v) is 6.60. The molecule has 0 spiro atoms. The minimum Gasteiger partial charge on any atom is -0.325 e. The maximum absolute atomic E-state index is 12.1. The van der Waals surface area contributed by atoms with Gasteiger partial charge in [-0.05, 0) is 59.2 Å². The summed E-state index contributed by atoms with van der Waals surface area (Å²) >= 11 is 3.29. The third-order valence-electron chi connectivity index (χ3n) is 3.44. The number of likely N-dealkylation sites (N-methyl/N-ethyl adjacent to an activating group) is 1. The molecular formula is C18H21BrN4O2. The second-order valence-electron chi connectivity index (χ2n) is 5.68. The molecule has 25 heavy (non-hydrogen) atoms. The number of carbonyl (C=O) groups excluding carboxylic acids is 2. The van der Waals surface area contributed by atoms with Crippen LogP contribution < -0.4 is 10.6 Å². The minimum atomic E-state index is -0.224. The maximum Gasteiger partial charge on any atom is 0.239 e. The lowest BCUT2D eigenvalue weighted by Crippen LogP contribution is -2.36. The lowest BCUT2D eigenvalue weighted by molar-refractivity contribution is -0.119. The fourth-order valence-corrected chi connectivity index (χ4v) is 2.48. The predicted octanol–water partition coefficient (Wildman–Crippen LogP) is 2.92. The summed E-state index contributed by atoms with van der Waals surface area (Å²) in [5.74, 6) is 0.0888. The van der Waals surface area contributed by atoms with Crippen molar-refractivity contribution in [2.75, 3.05) is 30.8 Å². The van der Waals surface area contributed by atoms with E-state index in [0.717, 1.165) is 22.1 Å². The van der Waals surface area contributed by atoms with E-state index in [9.17, 15) is 9.59 Å². The fraction of sp³-hybridized carbons (Fsp3) is 0.278. The monoisotopic (exact) mass is 404 g/mol. The molecule has 0 bridgehead atoms. The van der Waals surface area contributed by atoms with Gasteiger partial charge in [0.15, 0.2) is 0 Å². The molecule has 0 saturated carbocycles. The van der Waals surface area contributed by atoms with Crippen LogP contribution in [0.15, 0.2) is 47.1 Å². The number of amides is 2. The Morgan fingerprint density at radius 1 is 1.12 bits per heavy atom. The minimum absolute atomic E-state index is 0.0974. The lowest BCUT2D eigenvalue weighted by atomic mass is 10.1. The standard InChI is InChI=1S/C18H21BrN4O2/c1-3-13-5-4-6-15(9-13)21-17(24)11-23(2)12-18(25)22-16-8-7-14(19)10-20-16/h4-10H,3,11-12H2,1-2H3,(H,21,24)(H,20,22,25). The van der Waals surface area contributed by atoms with Crippen LogP contribution in [-0.4, -0.2) is 41.8 Å². The molecule has 0 aliphatic heterocycles. The van der Waals surface area contributed by atoms with Gasteiger partial charge in [-0.25, -0.2) is 4.98 Å². The molecule has 6 nitrogen and oxygen atoms in total. The summed E-state index contributed by atoms with van der Waals surface area (Å²) in [6.07, 6.45) is 2.52. The molecule has 2 N–H and O–H groups in total. The van der Waals surface area contributed by atoms with Crippen LogP contribution in [0.5, 0.6) is 0 Å². The van der Waals surface area contributed by atoms with Crippen LogP contribution in [0.25, 0.3) is 0 Å². The molecule has 0 aliphatic rings. The van der Waals surface area contributed by atoms with Crippen molar-refractivity contribution in [3.8, 4) is 0 Å². The first kappa shape index (κ1) is 19.1. The number of rotatable bonds is 7. The highest BCUT2D eigenvalue weighted by molar-refractivity contribution is 9.10. The SMILES string of the molecule is CCc1cccc(NC(=O)CN(C)CC(=O)Nc2ccc(Br)cn2)c1. The van der Waals surface area contributed by atoms with Crippen molar-refractivity contribution in [1.29, 1.82) is 0 Å². The zero-order chi connectivity index (χ0) is 18.2. The molecule has 0 saturated heterocycles. The Morgan fingerprint density at radius 2 is 1.84 bits per heavy atom. The molecule has 1 heterocycles. The molecule has 1 aromatic heterocycles. The number of nitrogens with one attached hydrogen (secondary N) is 2. The fourth-order valence-electron chi connectivity index (χ4n) is 2.25. The molecule has 0 radical (unpaired) electrons. The predicted molar refractivity (Wildman–Crippen MR) is 103 cm³/mol. The number of anilines is 2. The Bertz CT molecular complexity index is 734. The van der Waals surface area contributed by atoms with Gasteiger partial charge in [0.2, 0.25) is 11.8 Å². The molecule has 1 aromatic carbocycles. The molecule has 0 unspecified atom stereocenters. The van der Waals surface area contributed by atoms with Crippen molar-refractivity contribution in [3.63, 3.8) is 0 Å². The van der Waals surface area contributed by atoms with Gasteiger partial charge in [-0.2, -0.15) is 0 Å². The molecule has 7 heteroatoms. The summed E-state index contributed by atoms with van der Waals surface area (Å²) in [4.78, 5) is 29.8. The summed E-state index contributed by atoms with van der Waals surface area (Å²) in [6.45, 7) is 2.28. The highest BCUT2D eigenvalue weighted by Crippen LogP contribution is 2.11. The van der Waals surface area contributed by atoms with E-state index in [0.29, 0.717) is 5.82 Å². The summed E-state index contributed by atoms with van der Waals surface area (Å²) in [6, 6.07) is 11.2. The number of hydrogen-bond acceptors (Lipinski definition) is 4. The van der Waals surface area contributed by atoms with Gasteiger partial charge in [-0.3, -0.25) is 14.5 Å². The molecule has 0 fully saturated rings. The van der Waals surface area contributed by atoms with Crippen LogP contribution >= 0.6 is 15.9 Å². The zero-order valence-corrected chi connectivity index (χ0v) is 15.8. The number of hydrogen-bond donors (Lipinski definition) is 2. The molecule has 2 amide bonds. The third-order valence-corrected chi connectivity index (χ3v) is 3.91. The molecule has 2 aromatic rings. The molecular weight excluding hydrogens is 384 g/mol. The number of benzene rings is 1. The van der Waals surface area contributed by atoms with Gasteiger partial charge in [-0.15, -0.1) is 0 Å². The van der Waals surface area contributed by atoms with Crippen molar-refractivity contribution in [2.45, 2.75) is 13.3 Å². The van der Waals surface area contributed by atoms with E-state index >= 15 is 0 Å². The maximum atomic E-state index is 12.1. The molecule has 0 atom stereocenters. The van der Waals surface area contributed by atoms with E-state index in [1.807, 2.05) is 24.3 Å². The Balaban J connectivity index is 1.80. The number of aryl methyl sites for hydroxylation is 1. The smallest absolute Gasteiger partial charge is 0.239 e. The van der Waals surface area contributed by atoms with Gasteiger partial charge in [-0.1, -0.05) is 19.1 Å². The van der Waals surface area contributed by atoms with E-state index in [1.165, 1.54) is 0 Å². The molecule has 2 rings (SSSR count). The number of aromatic nitrogens is 1. The van der Waals surface area contributed by atoms with Crippen molar-refractivity contribution < 1.29 is 9.59 Å². The largest absolute Gasteiger partial charge is 0.325 e. The Labute approximate surface area is 155 Å². The number of halogens is 1. The topological polar surface area (TPSA) is 74.3 Å². The molecule has 132 valence electrons. The third kappa shape index (κ3) is 6.64. The lowest BCUT2D eigenvalue weighted by Gasteiger charge is -2.16. The van der Waals surface area contributed by atoms with Crippen molar-refractivity contribution in [1.82, 2.24) is 9.88 Å². The number of nitrogens with zero attached hydrogens (tertiary/aromatic N) is 2. The van der Waals surface area contributed by atoms with Crippen LogP contribution in [0.1, 0.15) is 12.5 Å². The summed E-state index contributed by atoms with van der Waals surface area (Å²) in [7, 11) is 1.72. The van der Waals surface area contributed by atoms with Crippen molar-refractivity contribution >= 4 is 39.2 Å². The first-order valence-electron chi connectivity index (χ1n) is 7.95.